The van der Waals surface area contributed by atoms with E-state index in [0.717, 1.165) is 0 Å². The normalized spacial score (nSPS) is 15.9. The Labute approximate surface area is 155 Å². The molecule has 1 heterocycles. The summed E-state index contributed by atoms with van der Waals surface area (Å²) in [7, 11) is 2.89. The van der Waals surface area contributed by atoms with Crippen LogP contribution in [-0.4, -0.2) is 5.54 Å². The van der Waals surface area contributed by atoms with Crippen molar-refractivity contribution in [1.82, 2.24) is 0 Å². The Morgan fingerprint density at radius 2 is 1.32 bits per heavy atom. The van der Waals surface area contributed by atoms with Gasteiger partial charge >= 0.3 is 0 Å². The van der Waals surface area contributed by atoms with Gasteiger partial charge < -0.3 is 4.67 Å². The van der Waals surface area contributed by atoms with Crippen molar-refractivity contribution < 1.29 is 0 Å². The highest BCUT2D eigenvalue weighted by molar-refractivity contribution is 7.19. The second kappa shape index (κ2) is 5.99. The van der Waals surface area contributed by atoms with E-state index in [1.807, 2.05) is 0 Å². The number of rotatable bonds is 1. The lowest BCUT2D eigenvalue weighted by Gasteiger charge is -2.40. The van der Waals surface area contributed by atoms with Crippen molar-refractivity contribution in [1.29, 1.82) is 0 Å². The minimum atomic E-state index is 0.0200. The van der Waals surface area contributed by atoms with Crippen LogP contribution in [-0.2, 0) is 0 Å². The van der Waals surface area contributed by atoms with Gasteiger partial charge in [0.25, 0.3) is 0 Å². The summed E-state index contributed by atoms with van der Waals surface area (Å²) in [6.45, 7) is 18.0. The van der Waals surface area contributed by atoms with E-state index in [0.29, 0.717) is 0 Å². The zero-order valence-corrected chi connectivity index (χ0v) is 18.0. The lowest BCUT2D eigenvalue weighted by Crippen LogP contribution is -2.37. The van der Waals surface area contributed by atoms with Crippen LogP contribution in [0.3, 0.4) is 0 Å². The first-order valence-electron chi connectivity index (χ1n) is 9.02. The lowest BCUT2D eigenvalue weighted by molar-refractivity contribution is 0.657. The summed E-state index contributed by atoms with van der Waals surface area (Å²) in [5.74, 6) is 0. The highest BCUT2D eigenvalue weighted by Gasteiger charge is 2.29. The quantitative estimate of drug-likeness (QED) is 0.517. The molecule has 0 aromatic heterocycles. The van der Waals surface area contributed by atoms with E-state index in [9.17, 15) is 0 Å². The molecule has 0 aliphatic carbocycles. The Balaban J connectivity index is 2.26. The van der Waals surface area contributed by atoms with Gasteiger partial charge in [0.05, 0.1) is 5.54 Å². The van der Waals surface area contributed by atoms with Crippen LogP contribution in [0.15, 0.2) is 24.3 Å². The van der Waals surface area contributed by atoms with E-state index < -0.39 is 0 Å². The Morgan fingerprint density at radius 1 is 0.800 bits per heavy atom. The number of benzene rings is 2. The third kappa shape index (κ3) is 2.74. The molecule has 2 heteroatoms. The minimum Gasteiger partial charge on any atom is -0.347 e. The van der Waals surface area contributed by atoms with Gasteiger partial charge in [-0.2, -0.15) is 0 Å². The number of allylic oxidation sites excluding steroid dienone is 1. The molecule has 0 amide bonds. The summed E-state index contributed by atoms with van der Waals surface area (Å²) in [6, 6.07) is 6.93. The van der Waals surface area contributed by atoms with Gasteiger partial charge in [-0.3, -0.25) is 0 Å². The second-order valence-electron chi connectivity index (χ2n) is 8.08. The van der Waals surface area contributed by atoms with E-state index in [2.05, 4.69) is 93.7 Å². The Morgan fingerprint density at radius 3 is 1.88 bits per heavy atom. The number of anilines is 1. The van der Waals surface area contributed by atoms with Crippen molar-refractivity contribution >= 4 is 20.7 Å². The standard InChI is InChI=1S/C23H30NP/c1-13-12-23(7,8)24(25)21-10-9-19(11-20(13)21)22-17(5)15(3)14(2)16(4)18(22)6/h9-12H,25H2,1-8H3. The Bertz CT molecular complexity index is 874. The fraction of sp³-hybridized carbons (Fsp3) is 0.391. The van der Waals surface area contributed by atoms with Crippen LogP contribution in [0.4, 0.5) is 5.69 Å². The van der Waals surface area contributed by atoms with Crippen LogP contribution >= 0.6 is 9.39 Å². The topological polar surface area (TPSA) is 3.24 Å². The molecule has 3 rings (SSSR count). The molecule has 2 aromatic rings. The fourth-order valence-electron chi connectivity index (χ4n) is 4.14. The molecule has 1 unspecified atom stereocenters. The van der Waals surface area contributed by atoms with Crippen LogP contribution in [0.2, 0.25) is 0 Å². The van der Waals surface area contributed by atoms with Gasteiger partial charge in [-0.05, 0) is 121 Å². The van der Waals surface area contributed by atoms with Crippen LogP contribution in [0.25, 0.3) is 16.7 Å². The maximum absolute atomic E-state index is 2.89. The monoisotopic (exact) mass is 351 g/mol. The van der Waals surface area contributed by atoms with Crippen molar-refractivity contribution in [2.24, 2.45) is 0 Å². The van der Waals surface area contributed by atoms with Crippen molar-refractivity contribution in [2.75, 3.05) is 4.67 Å². The highest BCUT2D eigenvalue weighted by atomic mass is 31.0. The predicted molar refractivity (Wildman–Crippen MR) is 115 cm³/mol. The first kappa shape index (κ1) is 18.2. The molecule has 132 valence electrons. The third-order valence-electron chi connectivity index (χ3n) is 6.16. The maximum Gasteiger partial charge on any atom is 0.0564 e. The van der Waals surface area contributed by atoms with Gasteiger partial charge in [0.15, 0.2) is 0 Å². The second-order valence-corrected chi connectivity index (χ2v) is 8.60. The molecule has 1 aliphatic heterocycles. The summed E-state index contributed by atoms with van der Waals surface area (Å²) >= 11 is 0. The average Bonchev–Trinajstić information content (AvgIpc) is 2.56. The largest absolute Gasteiger partial charge is 0.347 e. The predicted octanol–water partition coefficient (Wildman–Crippen LogP) is 6.69. The SMILES string of the molecule is CC1=CC(C)(C)N(P)c2ccc(-c3c(C)c(C)c(C)c(C)c3C)cc21. The molecule has 0 radical (unpaired) electrons. The first-order valence-corrected chi connectivity index (χ1v) is 9.54. The van der Waals surface area contributed by atoms with Gasteiger partial charge in [-0.25, -0.2) is 0 Å². The minimum absolute atomic E-state index is 0.0200. The summed E-state index contributed by atoms with van der Waals surface area (Å²) < 4.78 is 2.30. The molecule has 0 saturated carbocycles. The maximum atomic E-state index is 2.89. The molecule has 2 aromatic carbocycles. The van der Waals surface area contributed by atoms with Crippen molar-refractivity contribution in [3.8, 4) is 11.1 Å². The number of hydrogen-bond acceptors (Lipinski definition) is 1. The van der Waals surface area contributed by atoms with Crippen LogP contribution in [0.5, 0.6) is 0 Å². The van der Waals surface area contributed by atoms with Crippen molar-refractivity contribution in [3.05, 3.63) is 57.7 Å². The zero-order chi connectivity index (χ0) is 18.7. The molecule has 25 heavy (non-hydrogen) atoms. The number of fused-ring (bicyclic) bond motifs is 1. The Kier molecular flexibility index (Phi) is 4.36. The van der Waals surface area contributed by atoms with Crippen LogP contribution in [0, 0.1) is 34.6 Å². The fourth-order valence-corrected chi connectivity index (χ4v) is 4.44. The lowest BCUT2D eigenvalue weighted by atomic mass is 9.84. The van der Waals surface area contributed by atoms with Gasteiger partial charge in [0.2, 0.25) is 0 Å². The smallest absolute Gasteiger partial charge is 0.0564 e. The Hall–Kier alpha value is -1.59. The van der Waals surface area contributed by atoms with Crippen molar-refractivity contribution in [3.63, 3.8) is 0 Å². The molecule has 1 atom stereocenters. The summed E-state index contributed by atoms with van der Waals surface area (Å²) in [6.07, 6.45) is 2.36. The molecule has 1 aliphatic rings. The number of nitrogens with zero attached hydrogens (tertiary/aromatic N) is 1. The summed E-state index contributed by atoms with van der Waals surface area (Å²) in [4.78, 5) is 0. The van der Waals surface area contributed by atoms with E-state index in [-0.39, 0.29) is 5.54 Å². The molecular weight excluding hydrogens is 321 g/mol. The summed E-state index contributed by atoms with van der Waals surface area (Å²) in [5, 5.41) is 0. The van der Waals surface area contributed by atoms with E-state index in [1.54, 1.807) is 0 Å². The first-order chi connectivity index (χ1) is 11.6. The molecule has 0 bridgehead atoms. The van der Waals surface area contributed by atoms with Crippen molar-refractivity contribution in [2.45, 2.75) is 60.9 Å². The molecule has 0 fully saturated rings. The third-order valence-corrected chi connectivity index (χ3v) is 7.10. The van der Waals surface area contributed by atoms with Crippen LogP contribution in [0.1, 0.15) is 54.2 Å². The van der Waals surface area contributed by atoms with Crippen LogP contribution < -0.4 is 4.67 Å². The molecule has 0 saturated heterocycles. The van der Waals surface area contributed by atoms with Gasteiger partial charge in [-0.15, -0.1) is 0 Å². The van der Waals surface area contributed by atoms with E-state index >= 15 is 0 Å². The molecular formula is C23H30NP. The van der Waals surface area contributed by atoms with Gasteiger partial charge in [0, 0.05) is 11.3 Å². The molecule has 0 spiro atoms. The number of hydrogen-bond donors (Lipinski definition) is 0. The van der Waals surface area contributed by atoms with Gasteiger partial charge in [0.1, 0.15) is 0 Å². The van der Waals surface area contributed by atoms with Gasteiger partial charge in [-0.1, -0.05) is 12.1 Å². The van der Waals surface area contributed by atoms with E-state index in [1.165, 1.54) is 55.8 Å². The highest BCUT2D eigenvalue weighted by Crippen LogP contribution is 2.43. The molecule has 0 N–H and O–H groups in total. The summed E-state index contributed by atoms with van der Waals surface area (Å²) in [5.41, 5.74) is 13.8. The average molecular weight is 351 g/mol. The molecule has 1 nitrogen and oxygen atoms in total. The zero-order valence-electron chi connectivity index (χ0n) is 16.8. The van der Waals surface area contributed by atoms with E-state index in [4.69, 9.17) is 0 Å².